The molecule has 0 unspecified atom stereocenters. The van der Waals surface area contributed by atoms with Gasteiger partial charge in [-0.2, -0.15) is 0 Å². The predicted molar refractivity (Wildman–Crippen MR) is 76.4 cm³/mol. The summed E-state index contributed by atoms with van der Waals surface area (Å²) in [6.45, 7) is 1.60. The molecule has 0 aliphatic heterocycles. The number of nitrogens with zero attached hydrogens (tertiary/aromatic N) is 1. The van der Waals surface area contributed by atoms with Crippen molar-refractivity contribution in [1.82, 2.24) is 4.98 Å². The zero-order chi connectivity index (χ0) is 14.8. The highest BCUT2D eigenvalue weighted by Crippen LogP contribution is 2.22. The fourth-order valence-corrected chi connectivity index (χ4v) is 2.89. The molecule has 2 rings (SSSR count). The van der Waals surface area contributed by atoms with Crippen LogP contribution in [-0.2, 0) is 9.05 Å². The van der Waals surface area contributed by atoms with E-state index in [9.17, 15) is 13.2 Å². The van der Waals surface area contributed by atoms with Gasteiger partial charge in [0.1, 0.15) is 5.69 Å². The Hall–Kier alpha value is -1.92. The maximum atomic E-state index is 11.9. The number of amides is 1. The third kappa shape index (κ3) is 3.34. The van der Waals surface area contributed by atoms with Crippen molar-refractivity contribution in [3.8, 4) is 0 Å². The Morgan fingerprint density at radius 2 is 2.00 bits per heavy atom. The van der Waals surface area contributed by atoms with E-state index >= 15 is 0 Å². The highest BCUT2D eigenvalue weighted by Gasteiger charge is 2.14. The van der Waals surface area contributed by atoms with E-state index in [1.165, 1.54) is 24.4 Å². The van der Waals surface area contributed by atoms with Gasteiger partial charge in [0.05, 0.1) is 4.90 Å². The van der Waals surface area contributed by atoms with Gasteiger partial charge in [0.25, 0.3) is 15.0 Å². The van der Waals surface area contributed by atoms with Crippen molar-refractivity contribution in [3.63, 3.8) is 0 Å². The normalized spacial score (nSPS) is 11.1. The molecule has 0 saturated heterocycles. The third-order valence-corrected chi connectivity index (χ3v) is 4.08. The van der Waals surface area contributed by atoms with Crippen molar-refractivity contribution in [3.05, 3.63) is 53.9 Å². The minimum atomic E-state index is -3.78. The fraction of sp³-hybridized carbons (Fsp3) is 0.0769. The summed E-state index contributed by atoms with van der Waals surface area (Å²) in [6.07, 6.45) is 1.52. The Morgan fingerprint density at radius 3 is 2.55 bits per heavy atom. The number of benzene rings is 1. The molecule has 20 heavy (non-hydrogen) atoms. The van der Waals surface area contributed by atoms with Gasteiger partial charge in [0, 0.05) is 22.6 Å². The molecule has 0 atom stereocenters. The van der Waals surface area contributed by atoms with E-state index < -0.39 is 9.05 Å². The molecule has 1 aromatic heterocycles. The van der Waals surface area contributed by atoms with Gasteiger partial charge < -0.3 is 5.32 Å². The molecule has 0 radical (unpaired) electrons. The highest BCUT2D eigenvalue weighted by atomic mass is 35.7. The number of halogens is 1. The molecule has 5 nitrogen and oxygen atoms in total. The van der Waals surface area contributed by atoms with Crippen LogP contribution < -0.4 is 5.32 Å². The lowest BCUT2D eigenvalue weighted by molar-refractivity contribution is 0.102. The molecule has 0 bridgehead atoms. The molecule has 0 fully saturated rings. The van der Waals surface area contributed by atoms with Crippen LogP contribution in [0.25, 0.3) is 0 Å². The average molecular weight is 311 g/mol. The summed E-state index contributed by atoms with van der Waals surface area (Å²) in [5.74, 6) is -0.369. The van der Waals surface area contributed by atoms with Crippen molar-refractivity contribution in [1.29, 1.82) is 0 Å². The summed E-state index contributed by atoms with van der Waals surface area (Å²) in [5.41, 5.74) is 1.21. The number of carbonyl (C=O) groups is 1. The number of carbonyl (C=O) groups excluding carboxylic acids is 1. The molecule has 104 valence electrons. The van der Waals surface area contributed by atoms with Gasteiger partial charge >= 0.3 is 0 Å². The lowest BCUT2D eigenvalue weighted by atomic mass is 10.2. The number of aromatic nitrogens is 1. The number of anilines is 1. The Labute approximate surface area is 121 Å². The maximum absolute atomic E-state index is 11.9. The summed E-state index contributed by atoms with van der Waals surface area (Å²) in [5, 5.41) is 2.64. The van der Waals surface area contributed by atoms with Gasteiger partial charge in [-0.3, -0.25) is 9.78 Å². The second-order valence-corrected chi connectivity index (χ2v) is 6.62. The minimum Gasteiger partial charge on any atom is -0.321 e. The van der Waals surface area contributed by atoms with Crippen LogP contribution in [0.1, 0.15) is 16.1 Å². The van der Waals surface area contributed by atoms with E-state index in [0.29, 0.717) is 11.3 Å². The second-order valence-electron chi connectivity index (χ2n) is 4.09. The lowest BCUT2D eigenvalue weighted by Crippen LogP contribution is -2.13. The topological polar surface area (TPSA) is 76.1 Å². The molecular weight excluding hydrogens is 300 g/mol. The van der Waals surface area contributed by atoms with Gasteiger partial charge in [-0.25, -0.2) is 8.42 Å². The van der Waals surface area contributed by atoms with E-state index in [-0.39, 0.29) is 16.5 Å². The molecule has 1 N–H and O–H groups in total. The standard InChI is InChI=1S/C13H11ClN2O3S/c1-9-8-10(5-6-12(9)20(14,18)19)16-13(17)11-4-2-3-7-15-11/h2-8H,1H3,(H,16,17). The summed E-state index contributed by atoms with van der Waals surface area (Å²) in [6, 6.07) is 9.36. The zero-order valence-corrected chi connectivity index (χ0v) is 12.1. The second kappa shape index (κ2) is 5.60. The largest absolute Gasteiger partial charge is 0.321 e. The molecule has 0 aliphatic rings. The fourth-order valence-electron chi connectivity index (χ4n) is 1.69. The summed E-state index contributed by atoms with van der Waals surface area (Å²) >= 11 is 0. The Bertz CT molecular complexity index is 745. The van der Waals surface area contributed by atoms with E-state index in [1.807, 2.05) is 0 Å². The maximum Gasteiger partial charge on any atom is 0.274 e. The molecule has 1 amide bonds. The number of pyridine rings is 1. The van der Waals surface area contributed by atoms with Gasteiger partial charge in [0.15, 0.2) is 0 Å². The van der Waals surface area contributed by atoms with Crippen LogP contribution >= 0.6 is 10.7 Å². The summed E-state index contributed by atoms with van der Waals surface area (Å²) in [4.78, 5) is 15.8. The van der Waals surface area contributed by atoms with Crippen molar-refractivity contribution in [2.45, 2.75) is 11.8 Å². The summed E-state index contributed by atoms with van der Waals surface area (Å²) in [7, 11) is 1.51. The van der Waals surface area contributed by atoms with Crippen LogP contribution in [0.3, 0.4) is 0 Å². The molecule has 0 saturated carbocycles. The molecule has 0 spiro atoms. The molecular formula is C13H11ClN2O3S. The smallest absolute Gasteiger partial charge is 0.274 e. The Balaban J connectivity index is 2.24. The van der Waals surface area contributed by atoms with E-state index in [4.69, 9.17) is 10.7 Å². The van der Waals surface area contributed by atoms with Crippen molar-refractivity contribution < 1.29 is 13.2 Å². The molecule has 1 heterocycles. The van der Waals surface area contributed by atoms with Gasteiger partial charge in [-0.1, -0.05) is 6.07 Å². The van der Waals surface area contributed by atoms with Crippen LogP contribution in [0.15, 0.2) is 47.5 Å². The molecule has 2 aromatic rings. The number of nitrogens with one attached hydrogen (secondary N) is 1. The van der Waals surface area contributed by atoms with Crippen LogP contribution in [0.2, 0.25) is 0 Å². The number of rotatable bonds is 3. The van der Waals surface area contributed by atoms with Gasteiger partial charge in [0.2, 0.25) is 0 Å². The average Bonchev–Trinajstić information content (AvgIpc) is 2.38. The number of aryl methyl sites for hydroxylation is 1. The number of hydrogen-bond donors (Lipinski definition) is 1. The van der Waals surface area contributed by atoms with Crippen LogP contribution in [0.4, 0.5) is 5.69 Å². The Kier molecular flexibility index (Phi) is 4.06. The van der Waals surface area contributed by atoms with Crippen molar-refractivity contribution >= 4 is 31.3 Å². The first-order valence-corrected chi connectivity index (χ1v) is 7.96. The van der Waals surface area contributed by atoms with Crippen LogP contribution in [0, 0.1) is 6.92 Å². The quantitative estimate of drug-likeness (QED) is 0.884. The highest BCUT2D eigenvalue weighted by molar-refractivity contribution is 8.13. The Morgan fingerprint density at radius 1 is 1.25 bits per heavy atom. The van der Waals surface area contributed by atoms with Crippen molar-refractivity contribution in [2.24, 2.45) is 0 Å². The minimum absolute atomic E-state index is 0.0231. The van der Waals surface area contributed by atoms with Crippen LogP contribution in [-0.4, -0.2) is 19.3 Å². The lowest BCUT2D eigenvalue weighted by Gasteiger charge is -2.07. The van der Waals surface area contributed by atoms with E-state index in [1.54, 1.807) is 25.1 Å². The molecule has 0 aliphatic carbocycles. The zero-order valence-electron chi connectivity index (χ0n) is 10.5. The first-order chi connectivity index (χ1) is 9.38. The monoisotopic (exact) mass is 310 g/mol. The predicted octanol–water partition coefficient (Wildman–Crippen LogP) is 2.57. The number of hydrogen-bond acceptors (Lipinski definition) is 4. The molecule has 1 aromatic carbocycles. The van der Waals surface area contributed by atoms with Crippen LogP contribution in [0.5, 0.6) is 0 Å². The molecule has 7 heteroatoms. The SMILES string of the molecule is Cc1cc(NC(=O)c2ccccn2)ccc1S(=O)(=O)Cl. The van der Waals surface area contributed by atoms with Gasteiger partial charge in [-0.05, 0) is 42.8 Å². The van der Waals surface area contributed by atoms with Gasteiger partial charge in [-0.15, -0.1) is 0 Å². The van der Waals surface area contributed by atoms with E-state index in [2.05, 4.69) is 10.3 Å². The first-order valence-electron chi connectivity index (χ1n) is 5.65. The third-order valence-electron chi connectivity index (χ3n) is 2.59. The van der Waals surface area contributed by atoms with Crippen molar-refractivity contribution in [2.75, 3.05) is 5.32 Å². The van der Waals surface area contributed by atoms with E-state index in [0.717, 1.165) is 0 Å². The first kappa shape index (κ1) is 14.5. The summed E-state index contributed by atoms with van der Waals surface area (Å²) < 4.78 is 22.6.